The zero-order valence-electron chi connectivity index (χ0n) is 12.3. The average Bonchev–Trinajstić information content (AvgIpc) is 2.46. The van der Waals surface area contributed by atoms with Crippen LogP contribution in [0.3, 0.4) is 0 Å². The molecule has 0 bridgehead atoms. The van der Waals surface area contributed by atoms with Gasteiger partial charge in [-0.05, 0) is 37.8 Å². The van der Waals surface area contributed by atoms with Crippen molar-refractivity contribution in [2.24, 2.45) is 5.41 Å². The monoisotopic (exact) mass is 292 g/mol. The topological polar surface area (TPSA) is 83.7 Å². The van der Waals surface area contributed by atoms with E-state index in [9.17, 15) is 20.0 Å². The zero-order chi connectivity index (χ0) is 15.6. The molecule has 0 spiro atoms. The summed E-state index contributed by atoms with van der Waals surface area (Å²) < 4.78 is 0. The Kier molecular flexibility index (Phi) is 4.16. The first kappa shape index (κ1) is 15.3. The van der Waals surface area contributed by atoms with Crippen LogP contribution in [0.25, 0.3) is 0 Å². The number of anilines is 1. The number of piperidine rings is 1. The number of nitro benzene ring substituents is 1. The fraction of sp³-hybridized carbons (Fsp3) is 0.533. The van der Waals surface area contributed by atoms with Crippen molar-refractivity contribution in [3.63, 3.8) is 0 Å². The molecule has 2 rings (SSSR count). The molecule has 0 aromatic heterocycles. The third-order valence-corrected chi connectivity index (χ3v) is 4.38. The Balaban J connectivity index is 2.40. The molecule has 1 heterocycles. The number of carbonyl (C=O) groups is 1. The van der Waals surface area contributed by atoms with E-state index in [-0.39, 0.29) is 5.69 Å². The first-order valence-corrected chi connectivity index (χ1v) is 7.13. The second-order valence-corrected chi connectivity index (χ2v) is 5.71. The van der Waals surface area contributed by atoms with Gasteiger partial charge in [-0.25, -0.2) is 0 Å². The van der Waals surface area contributed by atoms with Gasteiger partial charge in [0.2, 0.25) is 0 Å². The normalized spacial score (nSPS) is 22.1. The van der Waals surface area contributed by atoms with Gasteiger partial charge in [0.25, 0.3) is 5.69 Å². The van der Waals surface area contributed by atoms with E-state index in [4.69, 9.17) is 0 Å². The van der Waals surface area contributed by atoms with Crippen molar-refractivity contribution in [1.82, 2.24) is 0 Å². The van der Waals surface area contributed by atoms with Gasteiger partial charge in [0.15, 0.2) is 0 Å². The van der Waals surface area contributed by atoms with E-state index in [1.165, 1.54) is 6.07 Å². The van der Waals surface area contributed by atoms with Crippen molar-refractivity contribution in [2.75, 3.05) is 18.0 Å². The van der Waals surface area contributed by atoms with Gasteiger partial charge in [-0.15, -0.1) is 0 Å². The lowest BCUT2D eigenvalue weighted by atomic mass is 9.77. The van der Waals surface area contributed by atoms with Crippen LogP contribution < -0.4 is 4.90 Å². The van der Waals surface area contributed by atoms with Gasteiger partial charge < -0.3 is 10.0 Å². The van der Waals surface area contributed by atoms with Gasteiger partial charge >= 0.3 is 5.97 Å². The van der Waals surface area contributed by atoms with Crippen LogP contribution in [0.5, 0.6) is 0 Å². The van der Waals surface area contributed by atoms with E-state index < -0.39 is 16.3 Å². The van der Waals surface area contributed by atoms with Crippen molar-refractivity contribution in [1.29, 1.82) is 0 Å². The van der Waals surface area contributed by atoms with Crippen LogP contribution in [0.1, 0.15) is 31.7 Å². The van der Waals surface area contributed by atoms with E-state index in [2.05, 4.69) is 0 Å². The molecular formula is C15H20N2O4. The average molecular weight is 292 g/mol. The Bertz CT molecular complexity index is 573. The molecule has 6 heteroatoms. The first-order chi connectivity index (χ1) is 9.89. The molecule has 1 aromatic rings. The molecule has 1 saturated heterocycles. The summed E-state index contributed by atoms with van der Waals surface area (Å²) in [6.45, 7) is 4.71. The second-order valence-electron chi connectivity index (χ2n) is 5.71. The summed E-state index contributed by atoms with van der Waals surface area (Å²) in [6, 6.07) is 4.97. The molecule has 21 heavy (non-hydrogen) atoms. The van der Waals surface area contributed by atoms with Crippen molar-refractivity contribution < 1.29 is 14.8 Å². The highest BCUT2D eigenvalue weighted by Crippen LogP contribution is 2.38. The predicted molar refractivity (Wildman–Crippen MR) is 79.6 cm³/mol. The van der Waals surface area contributed by atoms with Crippen LogP contribution in [0, 0.1) is 22.5 Å². The number of rotatable bonds is 4. The Hall–Kier alpha value is -2.11. The van der Waals surface area contributed by atoms with Crippen LogP contribution in [0.15, 0.2) is 18.2 Å². The lowest BCUT2D eigenvalue weighted by Crippen LogP contribution is -2.47. The SMILES string of the molecule is CCC1(C(=O)O)CCCN(c2cc(C)ccc2[N+](=O)[O-])C1. The number of carboxylic acids is 1. The summed E-state index contributed by atoms with van der Waals surface area (Å²) in [5.74, 6) is -0.815. The van der Waals surface area contributed by atoms with Gasteiger partial charge in [-0.3, -0.25) is 14.9 Å². The van der Waals surface area contributed by atoms with Crippen molar-refractivity contribution in [3.8, 4) is 0 Å². The smallest absolute Gasteiger partial charge is 0.311 e. The highest BCUT2D eigenvalue weighted by Gasteiger charge is 2.41. The minimum Gasteiger partial charge on any atom is -0.481 e. The maximum Gasteiger partial charge on any atom is 0.311 e. The molecule has 1 unspecified atom stereocenters. The number of nitro groups is 1. The molecule has 114 valence electrons. The summed E-state index contributed by atoms with van der Waals surface area (Å²) in [5, 5.41) is 20.7. The lowest BCUT2D eigenvalue weighted by Gasteiger charge is -2.40. The summed E-state index contributed by atoms with van der Waals surface area (Å²) in [5.41, 5.74) is 0.686. The number of carboxylic acid groups (broad SMARTS) is 1. The predicted octanol–water partition coefficient (Wildman–Crippen LogP) is 2.98. The Morgan fingerprint density at radius 1 is 1.52 bits per heavy atom. The maximum absolute atomic E-state index is 11.6. The Labute approximate surface area is 123 Å². The quantitative estimate of drug-likeness (QED) is 0.681. The minimum absolute atomic E-state index is 0.0397. The molecule has 1 atom stereocenters. The van der Waals surface area contributed by atoms with Crippen molar-refractivity contribution in [3.05, 3.63) is 33.9 Å². The first-order valence-electron chi connectivity index (χ1n) is 7.13. The van der Waals surface area contributed by atoms with E-state index in [1.54, 1.807) is 12.1 Å². The largest absolute Gasteiger partial charge is 0.481 e. The molecule has 1 fully saturated rings. The third kappa shape index (κ3) is 2.84. The van der Waals surface area contributed by atoms with E-state index in [0.717, 1.165) is 12.0 Å². The van der Waals surface area contributed by atoms with Crippen LogP contribution in [-0.2, 0) is 4.79 Å². The number of nitrogens with zero attached hydrogens (tertiary/aromatic N) is 2. The van der Waals surface area contributed by atoms with E-state index in [1.807, 2.05) is 18.7 Å². The van der Waals surface area contributed by atoms with Crippen molar-refractivity contribution >= 4 is 17.3 Å². The molecule has 1 N–H and O–H groups in total. The fourth-order valence-corrected chi connectivity index (χ4v) is 2.99. The molecule has 1 aliphatic heterocycles. The Morgan fingerprint density at radius 3 is 2.81 bits per heavy atom. The molecule has 0 radical (unpaired) electrons. The number of aryl methyl sites for hydroxylation is 1. The Morgan fingerprint density at radius 2 is 2.24 bits per heavy atom. The van der Waals surface area contributed by atoms with Gasteiger partial charge in [-0.1, -0.05) is 13.0 Å². The summed E-state index contributed by atoms with van der Waals surface area (Å²) >= 11 is 0. The van der Waals surface area contributed by atoms with Crippen LogP contribution >= 0.6 is 0 Å². The second kappa shape index (κ2) is 5.71. The summed E-state index contributed by atoms with van der Waals surface area (Å²) in [4.78, 5) is 24.3. The number of aliphatic carboxylic acids is 1. The molecule has 1 aliphatic rings. The van der Waals surface area contributed by atoms with Crippen LogP contribution in [0.2, 0.25) is 0 Å². The zero-order valence-corrected chi connectivity index (χ0v) is 12.3. The third-order valence-electron chi connectivity index (χ3n) is 4.38. The lowest BCUT2D eigenvalue weighted by molar-refractivity contribution is -0.384. The summed E-state index contributed by atoms with van der Waals surface area (Å²) in [6.07, 6.45) is 1.87. The van der Waals surface area contributed by atoms with Gasteiger partial charge in [0.1, 0.15) is 5.69 Å². The fourth-order valence-electron chi connectivity index (χ4n) is 2.99. The van der Waals surface area contributed by atoms with Crippen LogP contribution in [0.4, 0.5) is 11.4 Å². The standard InChI is InChI=1S/C15H20N2O4/c1-3-15(14(18)19)7-4-8-16(10-15)13-9-11(2)5-6-12(13)17(20)21/h5-6,9H,3-4,7-8,10H2,1-2H3,(H,18,19). The van der Waals surface area contributed by atoms with Crippen LogP contribution in [-0.4, -0.2) is 29.1 Å². The maximum atomic E-state index is 11.6. The van der Waals surface area contributed by atoms with Gasteiger partial charge in [0, 0.05) is 19.2 Å². The molecular weight excluding hydrogens is 272 g/mol. The highest BCUT2D eigenvalue weighted by atomic mass is 16.6. The van der Waals surface area contributed by atoms with Gasteiger partial charge in [-0.2, -0.15) is 0 Å². The highest BCUT2D eigenvalue weighted by molar-refractivity contribution is 5.77. The van der Waals surface area contributed by atoms with Crippen molar-refractivity contribution in [2.45, 2.75) is 33.1 Å². The molecule has 0 amide bonds. The number of benzene rings is 1. The molecule has 6 nitrogen and oxygen atoms in total. The van der Waals surface area contributed by atoms with E-state index in [0.29, 0.717) is 31.6 Å². The minimum atomic E-state index is -0.815. The summed E-state index contributed by atoms with van der Waals surface area (Å²) in [7, 11) is 0. The molecule has 0 saturated carbocycles. The number of hydrogen-bond donors (Lipinski definition) is 1. The number of hydrogen-bond acceptors (Lipinski definition) is 4. The molecule has 0 aliphatic carbocycles. The molecule has 1 aromatic carbocycles. The van der Waals surface area contributed by atoms with Gasteiger partial charge in [0.05, 0.1) is 10.3 Å². The van der Waals surface area contributed by atoms with E-state index >= 15 is 0 Å².